The number of aromatic amines is 1. The monoisotopic (exact) mass is 1180 g/mol. The SMILES string of the molecule is Cc1c[nH]c2c(OP(=O)(OCc3ccccc3)OCc3ccccc3)cc3c(c12)C(CCl)CN3C(=O)C12CC(C(=O)N3CCc4c3cc(NC(=O)CNC(=O)C(NC(=O)OCC3c5ccccc5-c5ccccc53)C(C)C)c3ccccc43)(C1)C2. The second-order valence-corrected chi connectivity index (χ2v) is 25.5. The fraction of sp³-hybridized carbons (Fsp3) is 0.299. The zero-order valence-electron chi connectivity index (χ0n) is 47.3. The second-order valence-electron chi connectivity index (χ2n) is 23.6. The molecule has 7 aromatic carbocycles. The van der Waals surface area contributed by atoms with Gasteiger partial charge in [0.1, 0.15) is 12.6 Å². The Bertz CT molecular complexity index is 3930. The molecule has 2 aliphatic heterocycles. The average molecular weight is 1180 g/mol. The number of phosphoric ester groups is 1. The lowest BCUT2D eigenvalue weighted by atomic mass is 9.34. The van der Waals surface area contributed by atoms with Crippen LogP contribution in [0, 0.1) is 23.7 Å². The molecule has 16 nitrogen and oxygen atoms in total. The lowest BCUT2D eigenvalue weighted by Crippen LogP contribution is -2.72. The maximum Gasteiger partial charge on any atom is 0.530 e. The van der Waals surface area contributed by atoms with Crippen LogP contribution < -0.4 is 30.3 Å². The smallest absolute Gasteiger partial charge is 0.449 e. The van der Waals surface area contributed by atoms with E-state index in [0.29, 0.717) is 61.4 Å². The average Bonchev–Trinajstić information content (AvgIpc) is 1.30. The van der Waals surface area contributed by atoms with Crippen molar-refractivity contribution in [3.8, 4) is 16.9 Å². The molecule has 0 saturated heterocycles. The van der Waals surface area contributed by atoms with Crippen LogP contribution in [0.2, 0.25) is 0 Å². The standard InChI is InChI=1S/C67H64ClN6O10P/c1-40(2)60(72-65(79)81-36-52-47-22-12-10-20-45(47)46-21-11-13-23-48(46)52)62(76)70-32-57(75)71-53-28-54-51(49-24-14-15-25-50(49)53)26-27-73(54)63(77)66-37-67(38-66,39-66)64(78)74-33-44(30-68)59-55(74)29-56(61-58(59)41(3)31-69-61)84-85(80,82-34-42-16-6-4-7-17-42)83-35-43-18-8-5-9-19-43/h4-25,28-29,31,40,44,52,60,69H,26-27,30,32-39H2,1-3H3,(H,70,76)(H,71,75)(H,72,79). The molecule has 2 atom stereocenters. The quantitative estimate of drug-likeness (QED) is 0.0446. The number of phosphoric acid groups is 1. The van der Waals surface area contributed by atoms with Crippen LogP contribution in [0.5, 0.6) is 5.75 Å². The molecule has 0 radical (unpaired) electrons. The normalized spacial score (nSPS) is 19.3. The summed E-state index contributed by atoms with van der Waals surface area (Å²) in [6, 6.07) is 45.1. The van der Waals surface area contributed by atoms with Gasteiger partial charge in [-0.15, -0.1) is 11.6 Å². The highest BCUT2D eigenvalue weighted by atomic mass is 35.5. The fourth-order valence-electron chi connectivity index (χ4n) is 13.7. The molecule has 1 aromatic heterocycles. The van der Waals surface area contributed by atoms with Gasteiger partial charge in [-0.1, -0.05) is 147 Å². The van der Waals surface area contributed by atoms with Gasteiger partial charge in [0.05, 0.1) is 47.5 Å². The van der Waals surface area contributed by atoms with Crippen molar-refractivity contribution in [1.29, 1.82) is 0 Å². The van der Waals surface area contributed by atoms with E-state index in [-0.39, 0.29) is 67.6 Å². The number of carbonyl (C=O) groups excluding carboxylic acids is 5. The number of aromatic nitrogens is 1. The van der Waals surface area contributed by atoms with Crippen LogP contribution in [-0.4, -0.2) is 72.9 Å². The molecule has 2 bridgehead atoms. The molecule has 3 fully saturated rings. The molecule has 4 aliphatic carbocycles. The number of fused-ring (bicyclic) bond motifs is 9. The van der Waals surface area contributed by atoms with Crippen molar-refractivity contribution in [3.05, 3.63) is 191 Å². The third-order valence-corrected chi connectivity index (χ3v) is 19.5. The lowest BCUT2D eigenvalue weighted by molar-refractivity contribution is -0.204. The van der Waals surface area contributed by atoms with Crippen LogP contribution in [0.4, 0.5) is 21.9 Å². The third-order valence-electron chi connectivity index (χ3n) is 17.8. The zero-order valence-corrected chi connectivity index (χ0v) is 49.0. The van der Waals surface area contributed by atoms with Crippen LogP contribution >= 0.6 is 19.4 Å². The number of halogens is 1. The van der Waals surface area contributed by atoms with Gasteiger partial charge in [-0.05, 0) is 100 Å². The predicted octanol–water partition coefficient (Wildman–Crippen LogP) is 12.6. The van der Waals surface area contributed by atoms with E-state index in [0.717, 1.165) is 66.2 Å². The minimum Gasteiger partial charge on any atom is -0.449 e. The molecular formula is C67H64ClN6O10P. The van der Waals surface area contributed by atoms with Gasteiger partial charge in [-0.2, -0.15) is 0 Å². The summed E-state index contributed by atoms with van der Waals surface area (Å²) in [7, 11) is -4.33. The highest BCUT2D eigenvalue weighted by Gasteiger charge is 2.76. The van der Waals surface area contributed by atoms with E-state index in [1.807, 2.05) is 141 Å². The number of anilines is 3. The summed E-state index contributed by atoms with van der Waals surface area (Å²) >= 11 is 6.74. The number of hydrogen-bond donors (Lipinski definition) is 4. The number of rotatable bonds is 19. The van der Waals surface area contributed by atoms with E-state index in [9.17, 15) is 23.7 Å². The molecule has 3 heterocycles. The summed E-state index contributed by atoms with van der Waals surface area (Å²) in [5.74, 6) is -1.46. The Morgan fingerprint density at radius 2 is 1.33 bits per heavy atom. The highest BCUT2D eigenvalue weighted by molar-refractivity contribution is 7.48. The third kappa shape index (κ3) is 10.1. The van der Waals surface area contributed by atoms with Crippen LogP contribution in [0.15, 0.2) is 152 Å². The van der Waals surface area contributed by atoms with Gasteiger partial charge in [0, 0.05) is 59.5 Å². The number of benzene rings is 7. The summed E-state index contributed by atoms with van der Waals surface area (Å²) in [5, 5.41) is 10.9. The summed E-state index contributed by atoms with van der Waals surface area (Å²) in [5.41, 5.74) is 9.49. The molecule has 8 aromatic rings. The minimum absolute atomic E-state index is 0.0417. The van der Waals surface area contributed by atoms with Gasteiger partial charge in [0.25, 0.3) is 0 Å². The number of ether oxygens (including phenoxy) is 1. The van der Waals surface area contributed by atoms with E-state index in [4.69, 9.17) is 29.9 Å². The molecule has 14 rings (SSSR count). The molecule has 5 amide bonds. The Morgan fingerprint density at radius 3 is 1.95 bits per heavy atom. The molecule has 18 heteroatoms. The van der Waals surface area contributed by atoms with E-state index in [1.165, 1.54) is 0 Å². The van der Waals surface area contributed by atoms with Crippen molar-refractivity contribution in [1.82, 2.24) is 15.6 Å². The number of nitrogens with zero attached hydrogens (tertiary/aromatic N) is 2. The van der Waals surface area contributed by atoms with Crippen LogP contribution in [0.25, 0.3) is 32.8 Å². The maximum absolute atomic E-state index is 15.1. The number of hydrogen-bond acceptors (Lipinski definition) is 10. The second kappa shape index (κ2) is 22.3. The number of aryl methyl sites for hydroxylation is 1. The van der Waals surface area contributed by atoms with Gasteiger partial charge < -0.3 is 40.0 Å². The predicted molar refractivity (Wildman–Crippen MR) is 327 cm³/mol. The molecule has 434 valence electrons. The van der Waals surface area contributed by atoms with Crippen LogP contribution in [0.1, 0.15) is 83.9 Å². The Hall–Kier alpha value is -8.27. The van der Waals surface area contributed by atoms with Crippen molar-refractivity contribution in [2.75, 3.05) is 47.2 Å². The Balaban J connectivity index is 0.681. The summed E-state index contributed by atoms with van der Waals surface area (Å²) in [6.07, 6.45) is 2.82. The Labute approximate surface area is 497 Å². The summed E-state index contributed by atoms with van der Waals surface area (Å²) < 4.78 is 39.0. The largest absolute Gasteiger partial charge is 0.530 e. The first kappa shape index (κ1) is 55.9. The zero-order chi connectivity index (χ0) is 58.8. The van der Waals surface area contributed by atoms with Crippen LogP contribution in [0.3, 0.4) is 0 Å². The summed E-state index contributed by atoms with van der Waals surface area (Å²) in [6.45, 7) is 5.93. The Morgan fingerprint density at radius 1 is 0.741 bits per heavy atom. The van der Waals surface area contributed by atoms with E-state index < -0.39 is 42.6 Å². The number of alkyl halides is 1. The first-order valence-corrected chi connectivity index (χ1v) is 30.9. The number of H-pyrrole nitrogens is 1. The van der Waals surface area contributed by atoms with Gasteiger partial charge in [-0.25, -0.2) is 9.36 Å². The number of alkyl carbamates (subject to hydrolysis) is 1. The molecular weight excluding hydrogens is 1120 g/mol. The first-order chi connectivity index (χ1) is 41.1. The van der Waals surface area contributed by atoms with E-state index >= 15 is 4.79 Å². The van der Waals surface area contributed by atoms with Crippen molar-refractivity contribution in [3.63, 3.8) is 0 Å². The first-order valence-electron chi connectivity index (χ1n) is 28.9. The summed E-state index contributed by atoms with van der Waals surface area (Å²) in [4.78, 5) is 77.7. The Kier molecular flexibility index (Phi) is 14.7. The molecule has 2 unspecified atom stereocenters. The van der Waals surface area contributed by atoms with Crippen molar-refractivity contribution >= 4 is 87.9 Å². The minimum atomic E-state index is -4.33. The lowest BCUT2D eigenvalue weighted by Gasteiger charge is -2.69. The van der Waals surface area contributed by atoms with Crippen molar-refractivity contribution < 1.29 is 46.8 Å². The highest BCUT2D eigenvalue weighted by Crippen LogP contribution is 2.75. The molecule has 85 heavy (non-hydrogen) atoms. The van der Waals surface area contributed by atoms with E-state index in [1.54, 1.807) is 29.7 Å². The number of amides is 5. The topological polar surface area (TPSA) is 198 Å². The van der Waals surface area contributed by atoms with Gasteiger partial charge in [-0.3, -0.25) is 28.2 Å². The molecule has 6 aliphatic rings. The van der Waals surface area contributed by atoms with Crippen molar-refractivity contribution in [2.24, 2.45) is 16.7 Å². The van der Waals surface area contributed by atoms with Crippen LogP contribution in [-0.2, 0) is 57.2 Å². The fourth-order valence-corrected chi connectivity index (χ4v) is 15.2. The van der Waals surface area contributed by atoms with Gasteiger partial charge in [0.15, 0.2) is 5.75 Å². The van der Waals surface area contributed by atoms with Crippen molar-refractivity contribution in [2.45, 2.75) is 77.5 Å². The molecule has 3 saturated carbocycles. The molecule has 4 N–H and O–H groups in total. The van der Waals surface area contributed by atoms with E-state index in [2.05, 4.69) is 33.1 Å². The number of carbonyl (C=O) groups is 5. The van der Waals surface area contributed by atoms with Gasteiger partial charge >= 0.3 is 13.9 Å². The molecule has 0 spiro atoms. The maximum atomic E-state index is 15.1. The van der Waals surface area contributed by atoms with Gasteiger partial charge in [0.2, 0.25) is 23.6 Å². The number of nitrogens with one attached hydrogen (secondary N) is 4.